The fourth-order valence-corrected chi connectivity index (χ4v) is 1.59. The van der Waals surface area contributed by atoms with Crippen molar-refractivity contribution in [1.29, 1.82) is 0 Å². The number of rotatable bonds is 2. The molecule has 0 aliphatic carbocycles. The van der Waals surface area contributed by atoms with Crippen LogP contribution in [0, 0.1) is 12.7 Å². The molecule has 0 aliphatic heterocycles. The van der Waals surface area contributed by atoms with Gasteiger partial charge in [-0.2, -0.15) is 0 Å². The van der Waals surface area contributed by atoms with Gasteiger partial charge in [-0.15, -0.1) is 0 Å². The number of hydrogen-bond acceptors (Lipinski definition) is 5. The molecule has 0 fully saturated rings. The van der Waals surface area contributed by atoms with E-state index in [0.29, 0.717) is 5.82 Å². The summed E-state index contributed by atoms with van der Waals surface area (Å²) in [6.07, 6.45) is 0. The summed E-state index contributed by atoms with van der Waals surface area (Å²) in [5, 5.41) is 11.9. The third-order valence-electron chi connectivity index (χ3n) is 2.22. The number of aromatic nitrogens is 2. The molecule has 0 spiro atoms. The van der Waals surface area contributed by atoms with Crippen molar-refractivity contribution in [1.82, 2.24) is 9.97 Å². The van der Waals surface area contributed by atoms with E-state index >= 15 is 0 Å². The van der Waals surface area contributed by atoms with E-state index in [4.69, 9.17) is 22.4 Å². The van der Waals surface area contributed by atoms with E-state index in [1.54, 1.807) is 6.92 Å². The quantitative estimate of drug-likeness (QED) is 0.576. The van der Waals surface area contributed by atoms with Crippen LogP contribution in [0.15, 0.2) is 18.2 Å². The molecule has 5 nitrogen and oxygen atoms in total. The van der Waals surface area contributed by atoms with Crippen LogP contribution in [0.1, 0.15) is 5.82 Å². The van der Waals surface area contributed by atoms with Crippen molar-refractivity contribution in [3.63, 3.8) is 0 Å². The molecule has 18 heavy (non-hydrogen) atoms. The highest BCUT2D eigenvalue weighted by Crippen LogP contribution is 2.28. The summed E-state index contributed by atoms with van der Waals surface area (Å²) in [7, 11) is 0. The first-order valence-corrected chi connectivity index (χ1v) is 5.40. The Kier molecular flexibility index (Phi) is 3.20. The number of aryl methyl sites for hydroxylation is 1. The van der Waals surface area contributed by atoms with E-state index in [9.17, 15) is 4.39 Å². The molecule has 2 aromatic rings. The lowest BCUT2D eigenvalue weighted by Crippen LogP contribution is -2.04. The van der Waals surface area contributed by atoms with Crippen LogP contribution in [0.2, 0.25) is 5.15 Å². The third-order valence-corrected chi connectivity index (χ3v) is 2.50. The van der Waals surface area contributed by atoms with Gasteiger partial charge in [-0.05, 0) is 19.1 Å². The number of nitrogens with zero attached hydrogens (tertiary/aromatic N) is 2. The first-order chi connectivity index (χ1) is 8.47. The Balaban J connectivity index is 2.40. The molecule has 94 valence electrons. The number of phenolic OH excluding ortho intramolecular Hbond substituents is 1. The topological polar surface area (TPSA) is 84.1 Å². The molecule has 0 amide bonds. The molecule has 7 heteroatoms. The number of phenols is 1. The minimum absolute atomic E-state index is 0.101. The lowest BCUT2D eigenvalue weighted by Gasteiger charge is -2.10. The highest BCUT2D eigenvalue weighted by Gasteiger charge is 2.11. The number of aromatic hydroxyl groups is 1. The number of halogens is 2. The third kappa shape index (κ3) is 2.43. The van der Waals surface area contributed by atoms with Crippen LogP contribution in [-0.4, -0.2) is 15.1 Å². The molecule has 0 saturated heterocycles. The number of benzene rings is 1. The maximum atomic E-state index is 13.5. The Morgan fingerprint density at radius 1 is 1.39 bits per heavy atom. The summed E-state index contributed by atoms with van der Waals surface area (Å²) < 4.78 is 13.5. The molecule has 4 N–H and O–H groups in total. The maximum absolute atomic E-state index is 13.5. The van der Waals surface area contributed by atoms with Gasteiger partial charge in [0, 0.05) is 6.07 Å². The summed E-state index contributed by atoms with van der Waals surface area (Å²) in [6, 6.07) is 3.70. The van der Waals surface area contributed by atoms with Crippen LogP contribution in [0.3, 0.4) is 0 Å². The molecular formula is C11H10ClFN4O. The van der Waals surface area contributed by atoms with Crippen LogP contribution >= 0.6 is 11.6 Å². The molecule has 0 bridgehead atoms. The van der Waals surface area contributed by atoms with Gasteiger partial charge in [0.15, 0.2) is 11.0 Å². The monoisotopic (exact) mass is 268 g/mol. The van der Waals surface area contributed by atoms with E-state index in [-0.39, 0.29) is 28.1 Å². The summed E-state index contributed by atoms with van der Waals surface area (Å²) >= 11 is 5.80. The number of nitrogen functional groups attached to an aromatic ring is 1. The largest absolute Gasteiger partial charge is 0.508 e. The molecule has 0 unspecified atom stereocenters. The summed E-state index contributed by atoms with van der Waals surface area (Å²) in [6.45, 7) is 1.64. The van der Waals surface area contributed by atoms with Crippen molar-refractivity contribution in [2.45, 2.75) is 6.92 Å². The second-order valence-corrected chi connectivity index (χ2v) is 3.97. The van der Waals surface area contributed by atoms with E-state index in [0.717, 1.165) is 6.07 Å². The minimum Gasteiger partial charge on any atom is -0.508 e. The van der Waals surface area contributed by atoms with E-state index in [2.05, 4.69) is 15.3 Å². The molecular weight excluding hydrogens is 259 g/mol. The second-order valence-electron chi connectivity index (χ2n) is 3.61. The zero-order chi connectivity index (χ0) is 13.3. The van der Waals surface area contributed by atoms with Gasteiger partial charge in [0.1, 0.15) is 23.1 Å². The normalized spacial score (nSPS) is 10.4. The highest BCUT2D eigenvalue weighted by atomic mass is 35.5. The first kappa shape index (κ1) is 12.4. The molecule has 2 rings (SSSR count). The Morgan fingerprint density at radius 3 is 2.78 bits per heavy atom. The van der Waals surface area contributed by atoms with Gasteiger partial charge in [0.2, 0.25) is 0 Å². The van der Waals surface area contributed by atoms with Gasteiger partial charge in [-0.1, -0.05) is 11.6 Å². The van der Waals surface area contributed by atoms with Crippen LogP contribution in [-0.2, 0) is 0 Å². The van der Waals surface area contributed by atoms with Gasteiger partial charge in [-0.25, -0.2) is 14.4 Å². The Labute approximate surface area is 107 Å². The van der Waals surface area contributed by atoms with Crippen LogP contribution in [0.4, 0.5) is 21.6 Å². The van der Waals surface area contributed by atoms with Crippen molar-refractivity contribution < 1.29 is 9.50 Å². The van der Waals surface area contributed by atoms with E-state index in [1.165, 1.54) is 12.1 Å². The Hall–Kier alpha value is -2.08. The minimum atomic E-state index is -0.623. The fourth-order valence-electron chi connectivity index (χ4n) is 1.38. The lowest BCUT2D eigenvalue weighted by atomic mass is 10.3. The standard InChI is InChI=1S/C11H10ClFN4O/c1-5-15-10(12)9(14)11(16-5)17-8-3-2-6(18)4-7(8)13/h2-4,18H,14H2,1H3,(H,15,16,17). The Bertz CT molecular complexity index is 606. The number of nitrogens with one attached hydrogen (secondary N) is 1. The zero-order valence-electron chi connectivity index (χ0n) is 9.41. The molecule has 1 aromatic heterocycles. The number of hydrogen-bond donors (Lipinski definition) is 3. The van der Waals surface area contributed by atoms with Crippen molar-refractivity contribution in [3.8, 4) is 5.75 Å². The summed E-state index contributed by atoms with van der Waals surface area (Å²) in [5.74, 6) is -0.155. The van der Waals surface area contributed by atoms with Crippen molar-refractivity contribution >= 4 is 28.8 Å². The predicted molar refractivity (Wildman–Crippen MR) is 67.5 cm³/mol. The smallest absolute Gasteiger partial charge is 0.159 e. The SMILES string of the molecule is Cc1nc(Cl)c(N)c(Nc2ccc(O)cc2F)n1. The predicted octanol–water partition coefficient (Wildman–Crippen LogP) is 2.61. The molecule has 0 aliphatic rings. The van der Waals surface area contributed by atoms with E-state index < -0.39 is 5.82 Å². The maximum Gasteiger partial charge on any atom is 0.159 e. The average Bonchev–Trinajstić information content (AvgIpc) is 2.29. The van der Waals surface area contributed by atoms with Crippen molar-refractivity contribution in [3.05, 3.63) is 35.0 Å². The van der Waals surface area contributed by atoms with Crippen LogP contribution in [0.25, 0.3) is 0 Å². The second kappa shape index (κ2) is 4.66. The van der Waals surface area contributed by atoms with Crippen molar-refractivity contribution in [2.75, 3.05) is 11.1 Å². The highest BCUT2D eigenvalue weighted by molar-refractivity contribution is 6.32. The van der Waals surface area contributed by atoms with Crippen LogP contribution in [0.5, 0.6) is 5.75 Å². The summed E-state index contributed by atoms with van der Waals surface area (Å²) in [4.78, 5) is 7.90. The van der Waals surface area contributed by atoms with Gasteiger partial charge in [0.25, 0.3) is 0 Å². The number of nitrogens with two attached hydrogens (primary N) is 1. The lowest BCUT2D eigenvalue weighted by molar-refractivity contribution is 0.469. The van der Waals surface area contributed by atoms with E-state index in [1.807, 2.05) is 0 Å². The molecule has 0 saturated carbocycles. The zero-order valence-corrected chi connectivity index (χ0v) is 10.2. The number of anilines is 3. The van der Waals surface area contributed by atoms with Crippen molar-refractivity contribution in [2.24, 2.45) is 0 Å². The fraction of sp³-hybridized carbons (Fsp3) is 0.0909. The van der Waals surface area contributed by atoms with Gasteiger partial charge < -0.3 is 16.2 Å². The van der Waals surface area contributed by atoms with Gasteiger partial charge >= 0.3 is 0 Å². The first-order valence-electron chi connectivity index (χ1n) is 5.02. The average molecular weight is 269 g/mol. The van der Waals surface area contributed by atoms with Crippen LogP contribution < -0.4 is 11.1 Å². The Morgan fingerprint density at radius 2 is 2.11 bits per heavy atom. The summed E-state index contributed by atoms with van der Waals surface area (Å²) in [5.41, 5.74) is 5.96. The molecule has 1 aromatic carbocycles. The van der Waals surface area contributed by atoms with Gasteiger partial charge in [-0.3, -0.25) is 0 Å². The molecule has 0 radical (unpaired) electrons. The molecule has 0 atom stereocenters. The van der Waals surface area contributed by atoms with Gasteiger partial charge in [0.05, 0.1) is 5.69 Å². The molecule has 1 heterocycles.